The normalized spacial score (nSPS) is 11.6. The van der Waals surface area contributed by atoms with Crippen LogP contribution >= 0.6 is 11.6 Å². The maximum Gasteiger partial charge on any atom is 0.140 e. The molecule has 2 N–H and O–H groups in total. The van der Waals surface area contributed by atoms with Gasteiger partial charge in [0.2, 0.25) is 0 Å². The molecule has 15 heavy (non-hydrogen) atoms. The Morgan fingerprint density at radius 3 is 2.40 bits per heavy atom. The smallest absolute Gasteiger partial charge is 0.140 e. The lowest BCUT2D eigenvalue weighted by molar-refractivity contribution is 0.409. The molecule has 0 saturated carbocycles. The third kappa shape index (κ3) is 2.64. The minimum absolute atomic E-state index is 0.375. The van der Waals surface area contributed by atoms with Crippen molar-refractivity contribution in [3.8, 4) is 5.75 Å². The van der Waals surface area contributed by atoms with Gasteiger partial charge in [0, 0.05) is 5.54 Å². The van der Waals surface area contributed by atoms with Gasteiger partial charge in [-0.15, -0.1) is 0 Å². The molecular formula is C12H18ClNO. The fourth-order valence-corrected chi connectivity index (χ4v) is 1.83. The van der Waals surface area contributed by atoms with Gasteiger partial charge in [0.25, 0.3) is 0 Å². The van der Waals surface area contributed by atoms with Crippen molar-refractivity contribution in [3.05, 3.63) is 28.3 Å². The van der Waals surface area contributed by atoms with Gasteiger partial charge in [-0.25, -0.2) is 0 Å². The van der Waals surface area contributed by atoms with E-state index in [9.17, 15) is 0 Å². The second kappa shape index (κ2) is 4.42. The molecule has 0 saturated heterocycles. The summed E-state index contributed by atoms with van der Waals surface area (Å²) in [7, 11) is 1.63. The Balaban J connectivity index is 3.32. The van der Waals surface area contributed by atoms with E-state index in [0.717, 1.165) is 23.3 Å². The summed E-state index contributed by atoms with van der Waals surface area (Å²) in [5.74, 6) is 0.757. The van der Waals surface area contributed by atoms with Crippen LogP contribution in [0, 0.1) is 0 Å². The first-order chi connectivity index (χ1) is 6.90. The van der Waals surface area contributed by atoms with Crippen LogP contribution in [0.1, 0.15) is 31.9 Å². The van der Waals surface area contributed by atoms with Gasteiger partial charge in [-0.2, -0.15) is 0 Å². The zero-order chi connectivity index (χ0) is 11.6. The average Bonchev–Trinajstić information content (AvgIpc) is 2.15. The van der Waals surface area contributed by atoms with E-state index in [1.807, 2.05) is 19.9 Å². The van der Waals surface area contributed by atoms with Gasteiger partial charge in [0.1, 0.15) is 5.75 Å². The summed E-state index contributed by atoms with van der Waals surface area (Å²) in [6, 6.07) is 3.93. The molecule has 1 rings (SSSR count). The Hall–Kier alpha value is -0.730. The Morgan fingerprint density at radius 2 is 2.00 bits per heavy atom. The van der Waals surface area contributed by atoms with E-state index in [0.29, 0.717) is 5.02 Å². The minimum atomic E-state index is -0.375. The van der Waals surface area contributed by atoms with E-state index >= 15 is 0 Å². The van der Waals surface area contributed by atoms with Crippen LogP contribution in [-0.4, -0.2) is 7.11 Å². The summed E-state index contributed by atoms with van der Waals surface area (Å²) in [5.41, 5.74) is 7.79. The second-order valence-electron chi connectivity index (χ2n) is 4.23. The molecule has 0 aromatic heterocycles. The molecule has 1 aromatic carbocycles. The number of nitrogens with two attached hydrogens (primary N) is 1. The molecule has 0 heterocycles. The zero-order valence-corrected chi connectivity index (χ0v) is 10.5. The van der Waals surface area contributed by atoms with Crippen LogP contribution in [0.5, 0.6) is 5.75 Å². The lowest BCUT2D eigenvalue weighted by Gasteiger charge is -2.21. The summed E-state index contributed by atoms with van der Waals surface area (Å²) in [5, 5.41) is 0.630. The molecule has 1 aromatic rings. The van der Waals surface area contributed by atoms with Gasteiger partial charge in [0.05, 0.1) is 12.1 Å². The number of benzene rings is 1. The highest BCUT2D eigenvalue weighted by molar-refractivity contribution is 6.32. The molecule has 0 atom stereocenters. The predicted molar refractivity (Wildman–Crippen MR) is 64.6 cm³/mol. The van der Waals surface area contributed by atoms with Crippen molar-refractivity contribution in [1.29, 1.82) is 0 Å². The van der Waals surface area contributed by atoms with Crippen LogP contribution in [0.3, 0.4) is 0 Å². The topological polar surface area (TPSA) is 35.2 Å². The Kier molecular flexibility index (Phi) is 3.63. The summed E-state index contributed by atoms with van der Waals surface area (Å²) in [4.78, 5) is 0. The van der Waals surface area contributed by atoms with Crippen molar-refractivity contribution in [2.45, 2.75) is 32.7 Å². The number of aryl methyl sites for hydroxylation is 1. The van der Waals surface area contributed by atoms with Crippen LogP contribution in [0.4, 0.5) is 0 Å². The fraction of sp³-hybridized carbons (Fsp3) is 0.500. The number of methoxy groups -OCH3 is 1. The molecule has 0 aliphatic heterocycles. The van der Waals surface area contributed by atoms with Crippen molar-refractivity contribution < 1.29 is 4.74 Å². The molecule has 0 aliphatic carbocycles. The first-order valence-electron chi connectivity index (χ1n) is 5.06. The average molecular weight is 228 g/mol. The van der Waals surface area contributed by atoms with Gasteiger partial charge >= 0.3 is 0 Å². The van der Waals surface area contributed by atoms with E-state index in [1.54, 1.807) is 7.11 Å². The molecule has 0 radical (unpaired) electrons. The molecule has 2 nitrogen and oxygen atoms in total. The molecule has 84 valence electrons. The van der Waals surface area contributed by atoms with Gasteiger partial charge in [-0.1, -0.05) is 24.6 Å². The number of ether oxygens (including phenoxy) is 1. The zero-order valence-electron chi connectivity index (χ0n) is 9.73. The van der Waals surface area contributed by atoms with Gasteiger partial charge in [0.15, 0.2) is 0 Å². The summed E-state index contributed by atoms with van der Waals surface area (Å²) < 4.78 is 5.26. The molecule has 0 fully saturated rings. The van der Waals surface area contributed by atoms with E-state index in [4.69, 9.17) is 22.1 Å². The molecule has 0 amide bonds. The number of hydrogen-bond donors (Lipinski definition) is 1. The molecule has 0 bridgehead atoms. The third-order valence-corrected chi connectivity index (χ3v) is 2.73. The molecule has 0 unspecified atom stereocenters. The maximum absolute atomic E-state index is 6.14. The summed E-state index contributed by atoms with van der Waals surface area (Å²) >= 11 is 6.14. The lowest BCUT2D eigenvalue weighted by Crippen LogP contribution is -2.28. The summed E-state index contributed by atoms with van der Waals surface area (Å²) in [6.45, 7) is 6.00. The van der Waals surface area contributed by atoms with E-state index in [-0.39, 0.29) is 5.54 Å². The quantitative estimate of drug-likeness (QED) is 0.861. The molecule has 0 spiro atoms. The maximum atomic E-state index is 6.14. The Labute approximate surface area is 96.4 Å². The first-order valence-corrected chi connectivity index (χ1v) is 5.43. The van der Waals surface area contributed by atoms with Crippen LogP contribution < -0.4 is 10.5 Å². The fourth-order valence-electron chi connectivity index (χ4n) is 1.51. The number of rotatable bonds is 3. The van der Waals surface area contributed by atoms with E-state index in [1.165, 1.54) is 0 Å². The largest absolute Gasteiger partial charge is 0.495 e. The van der Waals surface area contributed by atoms with E-state index in [2.05, 4.69) is 13.0 Å². The van der Waals surface area contributed by atoms with Crippen LogP contribution in [0.15, 0.2) is 12.1 Å². The van der Waals surface area contributed by atoms with Crippen molar-refractivity contribution in [2.75, 3.05) is 7.11 Å². The highest BCUT2D eigenvalue weighted by Gasteiger charge is 2.18. The van der Waals surface area contributed by atoms with Gasteiger partial charge in [-0.3, -0.25) is 0 Å². The SMILES string of the molecule is CCc1cc(C(C)(C)N)cc(Cl)c1OC. The van der Waals surface area contributed by atoms with Crippen molar-refractivity contribution in [1.82, 2.24) is 0 Å². The first kappa shape index (κ1) is 12.3. The minimum Gasteiger partial charge on any atom is -0.495 e. The van der Waals surface area contributed by atoms with Crippen molar-refractivity contribution >= 4 is 11.6 Å². The lowest BCUT2D eigenvalue weighted by atomic mass is 9.93. The monoisotopic (exact) mass is 227 g/mol. The van der Waals surface area contributed by atoms with Crippen LogP contribution in [-0.2, 0) is 12.0 Å². The highest BCUT2D eigenvalue weighted by Crippen LogP contribution is 2.33. The standard InChI is InChI=1S/C12H18ClNO/c1-5-8-6-9(12(2,3)14)7-10(13)11(8)15-4/h6-7H,5,14H2,1-4H3. The van der Waals surface area contributed by atoms with Crippen LogP contribution in [0.25, 0.3) is 0 Å². The highest BCUT2D eigenvalue weighted by atomic mass is 35.5. The number of hydrogen-bond acceptors (Lipinski definition) is 2. The Morgan fingerprint density at radius 1 is 1.40 bits per heavy atom. The third-order valence-electron chi connectivity index (χ3n) is 2.45. The predicted octanol–water partition coefficient (Wildman–Crippen LogP) is 3.10. The van der Waals surface area contributed by atoms with Crippen molar-refractivity contribution in [3.63, 3.8) is 0 Å². The summed E-state index contributed by atoms with van der Waals surface area (Å²) in [6.07, 6.45) is 0.882. The van der Waals surface area contributed by atoms with Gasteiger partial charge in [-0.05, 0) is 37.5 Å². The molecule has 3 heteroatoms. The van der Waals surface area contributed by atoms with Crippen molar-refractivity contribution in [2.24, 2.45) is 5.73 Å². The van der Waals surface area contributed by atoms with E-state index < -0.39 is 0 Å². The second-order valence-corrected chi connectivity index (χ2v) is 4.63. The molecule has 0 aliphatic rings. The van der Waals surface area contributed by atoms with Crippen LogP contribution in [0.2, 0.25) is 5.02 Å². The Bertz CT molecular complexity index is 355. The number of halogens is 1. The molecular weight excluding hydrogens is 210 g/mol. The van der Waals surface area contributed by atoms with Gasteiger partial charge < -0.3 is 10.5 Å².